The minimum atomic E-state index is -0.0666. The molecule has 2 heterocycles. The van der Waals surface area contributed by atoms with Crippen molar-refractivity contribution in [2.24, 2.45) is 0 Å². The number of halogens is 1. The zero-order valence-electron chi connectivity index (χ0n) is 8.80. The number of ether oxygens (including phenoxy) is 1. The first-order valence-corrected chi connectivity index (χ1v) is 5.72. The molecule has 1 fully saturated rings. The average molecular weight is 241 g/mol. The first-order chi connectivity index (χ1) is 7.81. The van der Waals surface area contributed by atoms with E-state index in [1.54, 1.807) is 29.3 Å². The van der Waals surface area contributed by atoms with Gasteiger partial charge in [-0.15, -0.1) is 11.6 Å². The van der Waals surface area contributed by atoms with Crippen molar-refractivity contribution in [1.82, 2.24) is 9.88 Å². The van der Waals surface area contributed by atoms with Crippen molar-refractivity contribution in [2.45, 2.75) is 6.10 Å². The second-order valence-electron chi connectivity index (χ2n) is 3.61. The van der Waals surface area contributed by atoms with Crippen molar-refractivity contribution < 1.29 is 9.53 Å². The fourth-order valence-electron chi connectivity index (χ4n) is 1.65. The quantitative estimate of drug-likeness (QED) is 0.729. The molecular formula is C11H13ClN2O2. The van der Waals surface area contributed by atoms with Gasteiger partial charge in [-0.1, -0.05) is 6.07 Å². The maximum atomic E-state index is 12.0. The van der Waals surface area contributed by atoms with Crippen molar-refractivity contribution in [1.29, 1.82) is 0 Å². The number of nitrogens with zero attached hydrogens (tertiary/aromatic N) is 2. The summed E-state index contributed by atoms with van der Waals surface area (Å²) < 4.78 is 5.40. The van der Waals surface area contributed by atoms with Gasteiger partial charge in [0.15, 0.2) is 0 Å². The lowest BCUT2D eigenvalue weighted by Crippen LogP contribution is -2.46. The van der Waals surface area contributed by atoms with Crippen LogP contribution in [0.2, 0.25) is 0 Å². The van der Waals surface area contributed by atoms with Crippen LogP contribution in [0, 0.1) is 0 Å². The molecule has 0 saturated carbocycles. The van der Waals surface area contributed by atoms with Crippen molar-refractivity contribution >= 4 is 17.5 Å². The third-order valence-electron chi connectivity index (χ3n) is 2.48. The van der Waals surface area contributed by atoms with Gasteiger partial charge in [0, 0.05) is 19.3 Å². The third kappa shape index (κ3) is 2.51. The van der Waals surface area contributed by atoms with Crippen LogP contribution in [0.3, 0.4) is 0 Å². The van der Waals surface area contributed by atoms with Crippen molar-refractivity contribution in [3.05, 3.63) is 30.1 Å². The highest BCUT2D eigenvalue weighted by Crippen LogP contribution is 2.10. The Kier molecular flexibility index (Phi) is 3.74. The Balaban J connectivity index is 2.05. The van der Waals surface area contributed by atoms with Gasteiger partial charge >= 0.3 is 0 Å². The van der Waals surface area contributed by atoms with Crippen LogP contribution < -0.4 is 0 Å². The molecule has 1 atom stereocenters. The molecule has 4 nitrogen and oxygen atoms in total. The van der Waals surface area contributed by atoms with E-state index in [-0.39, 0.29) is 12.0 Å². The van der Waals surface area contributed by atoms with Gasteiger partial charge in [-0.05, 0) is 12.1 Å². The van der Waals surface area contributed by atoms with Crippen LogP contribution >= 0.6 is 11.6 Å². The maximum absolute atomic E-state index is 12.0. The molecule has 0 aliphatic carbocycles. The molecule has 1 unspecified atom stereocenters. The SMILES string of the molecule is O=C(c1ccccn1)N1CCOC(CCl)C1. The summed E-state index contributed by atoms with van der Waals surface area (Å²) in [4.78, 5) is 17.8. The van der Waals surface area contributed by atoms with Gasteiger partial charge in [0.1, 0.15) is 5.69 Å². The number of hydrogen-bond donors (Lipinski definition) is 0. The Labute approximate surface area is 99.2 Å². The lowest BCUT2D eigenvalue weighted by molar-refractivity contribution is -0.0110. The fourth-order valence-corrected chi connectivity index (χ4v) is 1.84. The van der Waals surface area contributed by atoms with Crippen LogP contribution in [-0.4, -0.2) is 47.5 Å². The number of alkyl halides is 1. The largest absolute Gasteiger partial charge is 0.373 e. The molecule has 1 aromatic rings. The fraction of sp³-hybridized carbons (Fsp3) is 0.455. The normalized spacial score (nSPS) is 20.8. The van der Waals surface area contributed by atoms with Gasteiger partial charge in [-0.2, -0.15) is 0 Å². The molecule has 2 rings (SSSR count). The summed E-state index contributed by atoms with van der Waals surface area (Å²) in [6.45, 7) is 1.68. The number of carbonyl (C=O) groups excluding carboxylic acids is 1. The monoisotopic (exact) mass is 240 g/mol. The summed E-state index contributed by atoms with van der Waals surface area (Å²) in [5.41, 5.74) is 0.470. The molecule has 1 aliphatic rings. The van der Waals surface area contributed by atoms with E-state index >= 15 is 0 Å². The highest BCUT2D eigenvalue weighted by Gasteiger charge is 2.24. The first-order valence-electron chi connectivity index (χ1n) is 5.19. The minimum absolute atomic E-state index is 0.0565. The summed E-state index contributed by atoms with van der Waals surface area (Å²) in [7, 11) is 0. The zero-order valence-corrected chi connectivity index (χ0v) is 9.56. The van der Waals surface area contributed by atoms with Gasteiger partial charge in [0.2, 0.25) is 0 Å². The molecular weight excluding hydrogens is 228 g/mol. The molecule has 1 aliphatic heterocycles. The molecule has 1 aromatic heterocycles. The highest BCUT2D eigenvalue weighted by molar-refractivity contribution is 6.18. The van der Waals surface area contributed by atoms with Crippen LogP contribution in [0.5, 0.6) is 0 Å². The van der Waals surface area contributed by atoms with E-state index in [4.69, 9.17) is 16.3 Å². The molecule has 0 radical (unpaired) electrons. The van der Waals surface area contributed by atoms with Crippen LogP contribution in [0.25, 0.3) is 0 Å². The number of rotatable bonds is 2. The Morgan fingerprint density at radius 1 is 1.62 bits per heavy atom. The van der Waals surface area contributed by atoms with E-state index in [1.165, 1.54) is 0 Å². The number of pyridine rings is 1. The van der Waals surface area contributed by atoms with Crippen molar-refractivity contribution in [2.75, 3.05) is 25.6 Å². The Hall–Kier alpha value is -1.13. The summed E-state index contributed by atoms with van der Waals surface area (Å²) in [5, 5.41) is 0. The zero-order chi connectivity index (χ0) is 11.4. The topological polar surface area (TPSA) is 42.4 Å². The number of carbonyl (C=O) groups is 1. The Morgan fingerprint density at radius 2 is 2.50 bits per heavy atom. The summed E-state index contributed by atoms with van der Waals surface area (Å²) in [5.74, 6) is 0.352. The van der Waals surface area contributed by atoms with Gasteiger partial charge in [0.05, 0.1) is 18.6 Å². The van der Waals surface area contributed by atoms with Gasteiger partial charge < -0.3 is 9.64 Å². The molecule has 1 amide bonds. The van der Waals surface area contributed by atoms with Crippen LogP contribution in [0.15, 0.2) is 24.4 Å². The van der Waals surface area contributed by atoms with Gasteiger partial charge in [0.25, 0.3) is 5.91 Å². The van der Waals surface area contributed by atoms with E-state index < -0.39 is 0 Å². The summed E-state index contributed by atoms with van der Waals surface area (Å²) in [6.07, 6.45) is 1.55. The average Bonchev–Trinajstić information content (AvgIpc) is 2.39. The van der Waals surface area contributed by atoms with E-state index in [2.05, 4.69) is 4.98 Å². The second kappa shape index (κ2) is 5.27. The predicted molar refractivity (Wildman–Crippen MR) is 60.6 cm³/mol. The highest BCUT2D eigenvalue weighted by atomic mass is 35.5. The third-order valence-corrected chi connectivity index (χ3v) is 2.83. The second-order valence-corrected chi connectivity index (χ2v) is 3.92. The van der Waals surface area contributed by atoms with E-state index in [9.17, 15) is 4.79 Å². The van der Waals surface area contributed by atoms with Crippen molar-refractivity contribution in [3.63, 3.8) is 0 Å². The van der Waals surface area contributed by atoms with E-state index in [0.29, 0.717) is 31.3 Å². The first kappa shape index (κ1) is 11.4. The predicted octanol–water partition coefficient (Wildman–Crippen LogP) is 1.16. The number of aromatic nitrogens is 1. The smallest absolute Gasteiger partial charge is 0.272 e. The summed E-state index contributed by atoms with van der Waals surface area (Å²) >= 11 is 5.72. The summed E-state index contributed by atoms with van der Waals surface area (Å²) in [6, 6.07) is 5.31. The lowest BCUT2D eigenvalue weighted by atomic mass is 10.2. The molecule has 0 N–H and O–H groups in total. The Bertz CT molecular complexity index is 358. The van der Waals surface area contributed by atoms with Gasteiger partial charge in [-0.3, -0.25) is 9.78 Å². The number of hydrogen-bond acceptors (Lipinski definition) is 3. The molecule has 86 valence electrons. The minimum Gasteiger partial charge on any atom is -0.373 e. The molecule has 0 aromatic carbocycles. The van der Waals surface area contributed by atoms with E-state index in [0.717, 1.165) is 0 Å². The van der Waals surface area contributed by atoms with Crippen LogP contribution in [0.4, 0.5) is 0 Å². The molecule has 0 bridgehead atoms. The number of amides is 1. The number of morpholine rings is 1. The van der Waals surface area contributed by atoms with Crippen molar-refractivity contribution in [3.8, 4) is 0 Å². The van der Waals surface area contributed by atoms with Crippen LogP contribution in [0.1, 0.15) is 10.5 Å². The van der Waals surface area contributed by atoms with Crippen LogP contribution in [-0.2, 0) is 4.74 Å². The van der Waals surface area contributed by atoms with Gasteiger partial charge in [-0.25, -0.2) is 0 Å². The maximum Gasteiger partial charge on any atom is 0.272 e. The molecule has 0 spiro atoms. The lowest BCUT2D eigenvalue weighted by Gasteiger charge is -2.31. The Morgan fingerprint density at radius 3 is 3.19 bits per heavy atom. The standard InChI is InChI=1S/C11H13ClN2O2/c12-7-9-8-14(5-6-16-9)11(15)10-3-1-2-4-13-10/h1-4,9H,5-8H2. The molecule has 5 heteroatoms. The van der Waals surface area contributed by atoms with E-state index in [1.807, 2.05) is 0 Å². The molecule has 16 heavy (non-hydrogen) atoms. The molecule has 1 saturated heterocycles.